The molecule has 1 aliphatic heterocycles. The quantitative estimate of drug-likeness (QED) is 0.609. The number of methoxy groups -OCH3 is 1. The lowest BCUT2D eigenvalue weighted by Crippen LogP contribution is -2.51. The van der Waals surface area contributed by atoms with E-state index in [1.54, 1.807) is 7.11 Å². The van der Waals surface area contributed by atoms with Crippen LogP contribution >= 0.6 is 11.6 Å². The number of anilines is 1. The molecule has 0 bridgehead atoms. The van der Waals surface area contributed by atoms with Crippen molar-refractivity contribution in [3.63, 3.8) is 0 Å². The fourth-order valence-corrected chi connectivity index (χ4v) is 4.25. The monoisotopic (exact) mass is 378 g/mol. The molecule has 0 spiro atoms. The van der Waals surface area contributed by atoms with Gasteiger partial charge in [0, 0.05) is 57.2 Å². The largest absolute Gasteiger partial charge is 0.385 e. The molecule has 0 radical (unpaired) electrons. The molecule has 2 fully saturated rings. The van der Waals surface area contributed by atoms with Crippen molar-refractivity contribution in [2.45, 2.75) is 32.1 Å². The highest BCUT2D eigenvalue weighted by Gasteiger charge is 2.33. The maximum absolute atomic E-state index is 6.33. The second-order valence-electron chi connectivity index (χ2n) is 7.57. The normalized spacial score (nSPS) is 20.6. The zero-order valence-electron chi connectivity index (χ0n) is 15.8. The van der Waals surface area contributed by atoms with E-state index in [9.17, 15) is 0 Å². The first-order chi connectivity index (χ1) is 12.6. The molecule has 144 valence electrons. The fourth-order valence-electron chi connectivity index (χ4n) is 4.13. The van der Waals surface area contributed by atoms with Gasteiger partial charge in [0.25, 0.3) is 0 Å². The van der Waals surface area contributed by atoms with E-state index in [4.69, 9.17) is 27.1 Å². The first-order valence-corrected chi connectivity index (χ1v) is 10.0. The number of halogens is 1. The molecule has 1 aliphatic carbocycles. The molecule has 1 saturated carbocycles. The van der Waals surface area contributed by atoms with Crippen LogP contribution in [-0.2, 0) is 4.74 Å². The van der Waals surface area contributed by atoms with E-state index in [1.807, 2.05) is 12.1 Å². The summed E-state index contributed by atoms with van der Waals surface area (Å²) in [5.41, 5.74) is 7.84. The van der Waals surface area contributed by atoms with Crippen LogP contribution in [0.1, 0.15) is 32.1 Å². The lowest BCUT2D eigenvalue weighted by Gasteiger charge is -2.37. The van der Waals surface area contributed by atoms with Gasteiger partial charge in [-0.2, -0.15) is 0 Å². The van der Waals surface area contributed by atoms with Gasteiger partial charge in [0.15, 0.2) is 5.96 Å². The Hall–Kier alpha value is -1.46. The molecule has 0 aromatic heterocycles. The Balaban J connectivity index is 1.53. The standard InChI is InChI=1S/C20H31ClN4O/c1-26-15-10-20(8-2-3-9-20)16-23-19(22)25-13-11-24(12-14-25)18-6-4-17(21)5-7-18/h4-7H,2-3,8-16H2,1H3,(H2,22,23). The number of nitrogens with zero attached hydrogens (tertiary/aromatic N) is 3. The maximum atomic E-state index is 6.33. The molecule has 1 saturated heterocycles. The Bertz CT molecular complexity index is 590. The van der Waals surface area contributed by atoms with Crippen LogP contribution in [0.25, 0.3) is 0 Å². The third-order valence-corrected chi connectivity index (χ3v) is 6.12. The van der Waals surface area contributed by atoms with E-state index in [1.165, 1.54) is 31.4 Å². The van der Waals surface area contributed by atoms with Crippen LogP contribution in [0, 0.1) is 5.41 Å². The zero-order chi connectivity index (χ0) is 18.4. The molecular formula is C20H31ClN4O. The maximum Gasteiger partial charge on any atom is 0.191 e. The van der Waals surface area contributed by atoms with Crippen molar-refractivity contribution in [2.24, 2.45) is 16.1 Å². The van der Waals surface area contributed by atoms with Crippen LogP contribution in [-0.4, -0.2) is 57.3 Å². The minimum absolute atomic E-state index is 0.297. The molecular weight excluding hydrogens is 348 g/mol. The molecule has 6 heteroatoms. The SMILES string of the molecule is COCCC1(CN=C(N)N2CCN(c3ccc(Cl)cc3)CC2)CCCC1. The summed E-state index contributed by atoms with van der Waals surface area (Å²) in [4.78, 5) is 9.38. The minimum Gasteiger partial charge on any atom is -0.385 e. The Kier molecular flexibility index (Phi) is 6.65. The van der Waals surface area contributed by atoms with Gasteiger partial charge < -0.3 is 20.3 Å². The van der Waals surface area contributed by atoms with Crippen LogP contribution in [0.2, 0.25) is 5.02 Å². The van der Waals surface area contributed by atoms with Crippen LogP contribution in [0.5, 0.6) is 0 Å². The number of ether oxygens (including phenoxy) is 1. The molecule has 1 aromatic rings. The van der Waals surface area contributed by atoms with Gasteiger partial charge in [-0.05, 0) is 48.9 Å². The van der Waals surface area contributed by atoms with Crippen molar-refractivity contribution in [3.05, 3.63) is 29.3 Å². The number of benzene rings is 1. The lowest BCUT2D eigenvalue weighted by molar-refractivity contribution is 0.141. The van der Waals surface area contributed by atoms with Gasteiger partial charge in [-0.25, -0.2) is 0 Å². The summed E-state index contributed by atoms with van der Waals surface area (Å²) in [6, 6.07) is 8.05. The fraction of sp³-hybridized carbons (Fsp3) is 0.650. The summed E-state index contributed by atoms with van der Waals surface area (Å²) in [5, 5.41) is 0.776. The van der Waals surface area contributed by atoms with E-state index in [-0.39, 0.29) is 0 Å². The molecule has 0 amide bonds. The lowest BCUT2D eigenvalue weighted by atomic mass is 9.83. The van der Waals surface area contributed by atoms with Crippen molar-refractivity contribution >= 4 is 23.2 Å². The Morgan fingerprint density at radius 1 is 1.15 bits per heavy atom. The van der Waals surface area contributed by atoms with Gasteiger partial charge in [-0.15, -0.1) is 0 Å². The number of guanidine groups is 1. The Labute approximate surface area is 162 Å². The first kappa shape index (κ1) is 19.3. The van der Waals surface area contributed by atoms with Gasteiger partial charge in [-0.1, -0.05) is 24.4 Å². The average molecular weight is 379 g/mol. The summed E-state index contributed by atoms with van der Waals surface area (Å²) in [6.07, 6.45) is 6.19. The van der Waals surface area contributed by atoms with Crippen LogP contribution < -0.4 is 10.6 Å². The van der Waals surface area contributed by atoms with Crippen molar-refractivity contribution in [1.29, 1.82) is 0 Å². The molecule has 0 unspecified atom stereocenters. The second kappa shape index (κ2) is 8.96. The first-order valence-electron chi connectivity index (χ1n) is 9.66. The third-order valence-electron chi connectivity index (χ3n) is 5.87. The van der Waals surface area contributed by atoms with Crippen LogP contribution in [0.4, 0.5) is 5.69 Å². The van der Waals surface area contributed by atoms with Gasteiger partial charge in [-0.3, -0.25) is 4.99 Å². The van der Waals surface area contributed by atoms with E-state index in [2.05, 4.69) is 21.9 Å². The highest BCUT2D eigenvalue weighted by Crippen LogP contribution is 2.41. The topological polar surface area (TPSA) is 54.1 Å². The summed E-state index contributed by atoms with van der Waals surface area (Å²) in [7, 11) is 1.78. The molecule has 3 rings (SSSR count). The molecule has 5 nitrogen and oxygen atoms in total. The van der Waals surface area contributed by atoms with E-state index in [0.717, 1.165) is 50.8 Å². The number of hydrogen-bond acceptors (Lipinski definition) is 3. The van der Waals surface area contributed by atoms with Gasteiger partial charge in [0.1, 0.15) is 0 Å². The molecule has 26 heavy (non-hydrogen) atoms. The molecule has 0 atom stereocenters. The summed E-state index contributed by atoms with van der Waals surface area (Å²) in [5.74, 6) is 0.699. The van der Waals surface area contributed by atoms with Crippen LogP contribution in [0.15, 0.2) is 29.3 Å². The van der Waals surface area contributed by atoms with E-state index >= 15 is 0 Å². The highest BCUT2D eigenvalue weighted by molar-refractivity contribution is 6.30. The van der Waals surface area contributed by atoms with E-state index < -0.39 is 0 Å². The number of piperazine rings is 1. The number of rotatable bonds is 6. The molecule has 2 aliphatic rings. The Morgan fingerprint density at radius 3 is 2.42 bits per heavy atom. The summed E-state index contributed by atoms with van der Waals surface area (Å²) >= 11 is 5.98. The van der Waals surface area contributed by atoms with E-state index in [0.29, 0.717) is 11.4 Å². The van der Waals surface area contributed by atoms with Crippen molar-refractivity contribution < 1.29 is 4.74 Å². The van der Waals surface area contributed by atoms with Gasteiger partial charge >= 0.3 is 0 Å². The van der Waals surface area contributed by atoms with Gasteiger partial charge in [0.05, 0.1) is 0 Å². The highest BCUT2D eigenvalue weighted by atomic mass is 35.5. The van der Waals surface area contributed by atoms with Crippen LogP contribution in [0.3, 0.4) is 0 Å². The predicted molar refractivity (Wildman–Crippen MR) is 109 cm³/mol. The predicted octanol–water partition coefficient (Wildman–Crippen LogP) is 3.37. The minimum atomic E-state index is 0.297. The zero-order valence-corrected chi connectivity index (χ0v) is 16.5. The second-order valence-corrected chi connectivity index (χ2v) is 8.01. The summed E-state index contributed by atoms with van der Waals surface area (Å²) in [6.45, 7) is 5.36. The smallest absolute Gasteiger partial charge is 0.191 e. The van der Waals surface area contributed by atoms with Crippen molar-refractivity contribution in [1.82, 2.24) is 4.90 Å². The molecule has 1 aromatic carbocycles. The molecule has 2 N–H and O–H groups in total. The Morgan fingerprint density at radius 2 is 1.81 bits per heavy atom. The average Bonchev–Trinajstić information content (AvgIpc) is 3.14. The summed E-state index contributed by atoms with van der Waals surface area (Å²) < 4.78 is 5.31. The third kappa shape index (κ3) is 4.83. The van der Waals surface area contributed by atoms with Crippen molar-refractivity contribution in [3.8, 4) is 0 Å². The number of hydrogen-bond donors (Lipinski definition) is 1. The number of aliphatic imine (C=N–C) groups is 1. The number of nitrogens with two attached hydrogens (primary N) is 1. The molecule has 1 heterocycles. The van der Waals surface area contributed by atoms with Gasteiger partial charge in [0.2, 0.25) is 0 Å². The van der Waals surface area contributed by atoms with Crippen molar-refractivity contribution in [2.75, 3.05) is 51.3 Å².